The normalized spacial score (nSPS) is 10.8. The zero-order valence-electron chi connectivity index (χ0n) is 9.17. The van der Waals surface area contributed by atoms with Crippen LogP contribution < -0.4 is 5.56 Å². The van der Waals surface area contributed by atoms with Gasteiger partial charge in [0.15, 0.2) is 0 Å². The molecule has 0 radical (unpaired) electrons. The minimum atomic E-state index is -0.611. The number of halogens is 1. The number of benzene rings is 1. The summed E-state index contributed by atoms with van der Waals surface area (Å²) >= 11 is 5.76. The van der Waals surface area contributed by atoms with Gasteiger partial charge in [0.2, 0.25) is 0 Å². The Kier molecular flexibility index (Phi) is 3.31. The lowest BCUT2D eigenvalue weighted by Gasteiger charge is -2.06. The van der Waals surface area contributed by atoms with E-state index in [1.807, 2.05) is 0 Å². The number of nitro benzene ring substituents is 1. The molecule has 2 aromatic rings. The van der Waals surface area contributed by atoms with Crippen molar-refractivity contribution in [2.75, 3.05) is 6.61 Å². The Balaban J connectivity index is 2.82. The van der Waals surface area contributed by atoms with Crippen LogP contribution in [0.4, 0.5) is 5.69 Å². The topological polar surface area (TPSA) is 85.4 Å². The fourth-order valence-electron chi connectivity index (χ4n) is 1.79. The number of pyridine rings is 1. The second-order valence-corrected chi connectivity index (χ2v) is 4.06. The predicted molar refractivity (Wildman–Crippen MR) is 67.0 cm³/mol. The van der Waals surface area contributed by atoms with Crippen LogP contribution in [0.2, 0.25) is 5.02 Å². The third kappa shape index (κ3) is 1.96. The molecule has 0 saturated heterocycles. The number of nitrogens with zero attached hydrogens (tertiary/aromatic N) is 2. The first-order chi connectivity index (χ1) is 8.56. The molecule has 18 heavy (non-hydrogen) atoms. The first-order valence-electron chi connectivity index (χ1n) is 5.13. The van der Waals surface area contributed by atoms with Gasteiger partial charge in [0, 0.05) is 12.7 Å². The number of nitro groups is 1. The number of hydrogen-bond acceptors (Lipinski definition) is 4. The van der Waals surface area contributed by atoms with Crippen molar-refractivity contribution < 1.29 is 10.0 Å². The Morgan fingerprint density at radius 1 is 1.33 bits per heavy atom. The Morgan fingerprint density at radius 3 is 2.67 bits per heavy atom. The Bertz CT molecular complexity index is 681. The molecule has 0 atom stereocenters. The van der Waals surface area contributed by atoms with Crippen LogP contribution in [0.25, 0.3) is 10.8 Å². The number of fused-ring (bicyclic) bond motifs is 1. The molecule has 0 spiro atoms. The number of hydrogen-bond donors (Lipinski definition) is 1. The van der Waals surface area contributed by atoms with Crippen LogP contribution in [0.5, 0.6) is 0 Å². The summed E-state index contributed by atoms with van der Waals surface area (Å²) in [5.41, 5.74) is -0.663. The van der Waals surface area contributed by atoms with Gasteiger partial charge in [0.05, 0.1) is 22.3 Å². The molecule has 0 amide bonds. The molecule has 0 aliphatic carbocycles. The highest BCUT2D eigenvalue weighted by atomic mass is 35.5. The fraction of sp³-hybridized carbons (Fsp3) is 0.182. The highest BCUT2D eigenvalue weighted by Crippen LogP contribution is 2.31. The average Bonchev–Trinajstić information content (AvgIpc) is 2.32. The number of aromatic nitrogens is 1. The van der Waals surface area contributed by atoms with Crippen LogP contribution in [0, 0.1) is 10.1 Å². The van der Waals surface area contributed by atoms with E-state index in [0.29, 0.717) is 0 Å². The lowest BCUT2D eigenvalue weighted by Crippen LogP contribution is -2.21. The Hall–Kier alpha value is -1.92. The van der Waals surface area contributed by atoms with Gasteiger partial charge in [-0.15, -0.1) is 0 Å². The smallest absolute Gasteiger partial charge is 0.295 e. The Labute approximate surface area is 106 Å². The Morgan fingerprint density at radius 2 is 2.06 bits per heavy atom. The molecule has 0 bridgehead atoms. The van der Waals surface area contributed by atoms with Crippen molar-refractivity contribution in [2.45, 2.75) is 6.54 Å². The van der Waals surface area contributed by atoms with Crippen LogP contribution in [-0.4, -0.2) is 21.2 Å². The van der Waals surface area contributed by atoms with Crippen LogP contribution in [0.15, 0.2) is 29.2 Å². The minimum Gasteiger partial charge on any atom is -0.395 e. The van der Waals surface area contributed by atoms with Crippen LogP contribution in [0.3, 0.4) is 0 Å². The summed E-state index contributed by atoms with van der Waals surface area (Å²) in [6.45, 7) is -0.0354. The average molecular weight is 269 g/mol. The van der Waals surface area contributed by atoms with Gasteiger partial charge >= 0.3 is 0 Å². The van der Waals surface area contributed by atoms with Gasteiger partial charge in [-0.1, -0.05) is 11.6 Å². The van der Waals surface area contributed by atoms with Gasteiger partial charge in [0.1, 0.15) is 5.02 Å². The fourth-order valence-corrected chi connectivity index (χ4v) is 2.03. The maximum Gasteiger partial charge on any atom is 0.295 e. The second-order valence-electron chi connectivity index (χ2n) is 3.65. The predicted octanol–water partition coefficient (Wildman–Crippen LogP) is 1.56. The lowest BCUT2D eigenvalue weighted by atomic mass is 10.1. The zero-order valence-corrected chi connectivity index (χ0v) is 9.92. The third-order valence-electron chi connectivity index (χ3n) is 2.60. The quantitative estimate of drug-likeness (QED) is 0.676. The molecule has 2 rings (SSSR count). The zero-order chi connectivity index (χ0) is 13.3. The van der Waals surface area contributed by atoms with Crippen molar-refractivity contribution in [3.8, 4) is 0 Å². The van der Waals surface area contributed by atoms with Crippen LogP contribution in [-0.2, 0) is 6.54 Å². The van der Waals surface area contributed by atoms with E-state index in [1.54, 1.807) is 0 Å². The molecular weight excluding hydrogens is 260 g/mol. The summed E-state index contributed by atoms with van der Waals surface area (Å²) in [4.78, 5) is 22.3. The molecule has 7 heteroatoms. The molecule has 1 heterocycles. The van der Waals surface area contributed by atoms with E-state index in [9.17, 15) is 14.9 Å². The van der Waals surface area contributed by atoms with Crippen molar-refractivity contribution in [3.63, 3.8) is 0 Å². The van der Waals surface area contributed by atoms with Gasteiger partial charge in [-0.05, 0) is 18.2 Å². The summed E-state index contributed by atoms with van der Waals surface area (Å²) in [7, 11) is 0. The van der Waals surface area contributed by atoms with E-state index in [0.717, 1.165) is 0 Å². The van der Waals surface area contributed by atoms with Crippen molar-refractivity contribution >= 4 is 28.1 Å². The minimum absolute atomic E-state index is 0.00759. The number of aliphatic hydroxyl groups excluding tert-OH is 1. The molecular formula is C11H9ClN2O4. The number of aliphatic hydroxyl groups is 1. The second kappa shape index (κ2) is 4.75. The standard InChI is InChI=1S/C11H9ClN2O4/c12-9-2-1-8-7(10(9)14(17)18)3-4-13(5-6-15)11(8)16/h1-4,15H,5-6H2. The van der Waals surface area contributed by atoms with Gasteiger partial charge in [-0.3, -0.25) is 14.9 Å². The van der Waals surface area contributed by atoms with E-state index >= 15 is 0 Å². The first kappa shape index (κ1) is 12.5. The van der Waals surface area contributed by atoms with Crippen molar-refractivity contribution in [1.82, 2.24) is 4.57 Å². The highest BCUT2D eigenvalue weighted by Gasteiger charge is 2.18. The molecule has 0 saturated carbocycles. The first-order valence-corrected chi connectivity index (χ1v) is 5.51. The van der Waals surface area contributed by atoms with E-state index in [4.69, 9.17) is 16.7 Å². The molecule has 1 aromatic carbocycles. The van der Waals surface area contributed by atoms with Gasteiger partial charge < -0.3 is 9.67 Å². The van der Waals surface area contributed by atoms with E-state index < -0.39 is 4.92 Å². The molecule has 94 valence electrons. The largest absolute Gasteiger partial charge is 0.395 e. The van der Waals surface area contributed by atoms with E-state index in [2.05, 4.69) is 0 Å². The van der Waals surface area contributed by atoms with Crippen molar-refractivity contribution in [3.05, 3.63) is 49.9 Å². The molecule has 1 N–H and O–H groups in total. The summed E-state index contributed by atoms with van der Waals surface area (Å²) in [5, 5.41) is 20.1. The lowest BCUT2D eigenvalue weighted by molar-refractivity contribution is -0.382. The summed E-state index contributed by atoms with van der Waals surface area (Å²) in [6.07, 6.45) is 1.41. The molecule has 1 aromatic heterocycles. The molecule has 0 aliphatic rings. The van der Waals surface area contributed by atoms with Crippen molar-refractivity contribution in [2.24, 2.45) is 0 Å². The molecule has 0 aliphatic heterocycles. The maximum absolute atomic E-state index is 12.0. The highest BCUT2D eigenvalue weighted by molar-refractivity contribution is 6.34. The molecule has 0 unspecified atom stereocenters. The van der Waals surface area contributed by atoms with Crippen molar-refractivity contribution in [1.29, 1.82) is 0 Å². The van der Waals surface area contributed by atoms with E-state index in [1.165, 1.54) is 29.0 Å². The van der Waals surface area contributed by atoms with Gasteiger partial charge in [-0.2, -0.15) is 0 Å². The molecule has 0 fully saturated rings. The number of rotatable bonds is 3. The van der Waals surface area contributed by atoms with Crippen LogP contribution in [0.1, 0.15) is 0 Å². The van der Waals surface area contributed by atoms with Gasteiger partial charge in [0.25, 0.3) is 11.2 Å². The summed E-state index contributed by atoms with van der Waals surface area (Å²) in [5.74, 6) is 0. The van der Waals surface area contributed by atoms with Gasteiger partial charge in [-0.25, -0.2) is 0 Å². The van der Waals surface area contributed by atoms with Crippen LogP contribution >= 0.6 is 11.6 Å². The summed E-state index contributed by atoms with van der Waals surface area (Å²) < 4.78 is 1.29. The third-order valence-corrected chi connectivity index (χ3v) is 2.91. The van der Waals surface area contributed by atoms with E-state index in [-0.39, 0.29) is 40.2 Å². The monoisotopic (exact) mass is 268 g/mol. The SMILES string of the molecule is O=c1c2ccc(Cl)c([N+](=O)[O-])c2ccn1CCO. The summed E-state index contributed by atoms with van der Waals surface area (Å²) in [6, 6.07) is 4.23. The maximum atomic E-state index is 12.0. The molecule has 6 nitrogen and oxygen atoms in total.